The Morgan fingerprint density at radius 2 is 1.86 bits per heavy atom. The van der Waals surface area contributed by atoms with Gasteiger partial charge in [0.1, 0.15) is 0 Å². The van der Waals surface area contributed by atoms with Crippen LogP contribution in [0.3, 0.4) is 0 Å². The van der Waals surface area contributed by atoms with Gasteiger partial charge in [-0.1, -0.05) is 13.8 Å². The van der Waals surface area contributed by atoms with Crippen LogP contribution in [0.5, 0.6) is 0 Å². The highest BCUT2D eigenvalue weighted by Gasteiger charge is 2.22. The van der Waals surface area contributed by atoms with Gasteiger partial charge in [0.2, 0.25) is 11.8 Å². The fourth-order valence-electron chi connectivity index (χ4n) is 2.98. The van der Waals surface area contributed by atoms with Crippen LogP contribution in [-0.4, -0.2) is 48.4 Å². The van der Waals surface area contributed by atoms with Crippen LogP contribution in [0.4, 0.5) is 0 Å². The summed E-state index contributed by atoms with van der Waals surface area (Å²) in [6.45, 7) is 8.97. The predicted octanol–water partition coefficient (Wildman–Crippen LogP) is 2.06. The second kappa shape index (κ2) is 10.6. The maximum atomic E-state index is 12.1. The van der Waals surface area contributed by atoms with Crippen molar-refractivity contribution >= 4 is 11.8 Å². The summed E-state index contributed by atoms with van der Waals surface area (Å²) in [5.41, 5.74) is 0. The summed E-state index contributed by atoms with van der Waals surface area (Å²) in [6.07, 6.45) is 5.68. The number of carbonyl (C=O) groups is 2. The monoisotopic (exact) mass is 311 g/mol. The summed E-state index contributed by atoms with van der Waals surface area (Å²) in [6, 6.07) is 0.567. The molecule has 0 aromatic rings. The average Bonchev–Trinajstić information content (AvgIpc) is 2.49. The molecule has 2 N–H and O–H groups in total. The third kappa shape index (κ3) is 6.77. The van der Waals surface area contributed by atoms with Crippen molar-refractivity contribution < 1.29 is 9.59 Å². The largest absolute Gasteiger partial charge is 0.352 e. The van der Waals surface area contributed by atoms with Gasteiger partial charge in [0.25, 0.3) is 0 Å². The van der Waals surface area contributed by atoms with Gasteiger partial charge < -0.3 is 15.5 Å². The molecule has 1 aliphatic heterocycles. The van der Waals surface area contributed by atoms with Crippen molar-refractivity contribution in [3.05, 3.63) is 0 Å². The molecule has 0 saturated carbocycles. The normalized spacial score (nSPS) is 21.4. The molecule has 0 radical (unpaired) electrons. The molecule has 0 aromatic heterocycles. The van der Waals surface area contributed by atoms with Crippen LogP contribution in [0.1, 0.15) is 65.7 Å². The molecule has 2 amide bonds. The summed E-state index contributed by atoms with van der Waals surface area (Å²) < 4.78 is 0. The first-order valence-electron chi connectivity index (χ1n) is 8.89. The van der Waals surface area contributed by atoms with Crippen molar-refractivity contribution in [2.75, 3.05) is 19.6 Å². The van der Waals surface area contributed by atoms with E-state index in [9.17, 15) is 9.59 Å². The van der Waals surface area contributed by atoms with Crippen molar-refractivity contribution in [3.8, 4) is 0 Å². The smallest absolute Gasteiger partial charge is 0.222 e. The van der Waals surface area contributed by atoms with Crippen LogP contribution < -0.4 is 10.6 Å². The molecule has 2 atom stereocenters. The van der Waals surface area contributed by atoms with Gasteiger partial charge >= 0.3 is 0 Å². The quantitative estimate of drug-likeness (QED) is 0.685. The third-order valence-corrected chi connectivity index (χ3v) is 4.24. The number of piperidine rings is 1. The number of amides is 2. The van der Waals surface area contributed by atoms with Crippen LogP contribution >= 0.6 is 0 Å². The SMILES string of the molecule is CCCN(CCC)C(=O)CCCC(=O)NC1CCCNC1C. The first-order valence-corrected chi connectivity index (χ1v) is 8.89. The average molecular weight is 311 g/mol. The van der Waals surface area contributed by atoms with Crippen LogP contribution in [0.25, 0.3) is 0 Å². The molecular weight excluding hydrogens is 278 g/mol. The maximum absolute atomic E-state index is 12.1. The van der Waals surface area contributed by atoms with Gasteiger partial charge in [0, 0.05) is 38.0 Å². The van der Waals surface area contributed by atoms with Crippen molar-refractivity contribution in [2.24, 2.45) is 0 Å². The van der Waals surface area contributed by atoms with Crippen molar-refractivity contribution in [3.63, 3.8) is 0 Å². The van der Waals surface area contributed by atoms with E-state index < -0.39 is 0 Å². The minimum absolute atomic E-state index is 0.0749. The second-order valence-corrected chi connectivity index (χ2v) is 6.29. The first kappa shape index (κ1) is 18.9. The summed E-state index contributed by atoms with van der Waals surface area (Å²) in [5.74, 6) is 0.259. The summed E-state index contributed by atoms with van der Waals surface area (Å²) in [5, 5.41) is 6.47. The molecule has 128 valence electrons. The lowest BCUT2D eigenvalue weighted by molar-refractivity contribution is -0.131. The lowest BCUT2D eigenvalue weighted by Gasteiger charge is -2.30. The van der Waals surface area contributed by atoms with Gasteiger partial charge in [0.05, 0.1) is 0 Å². The van der Waals surface area contributed by atoms with Crippen LogP contribution in [0.2, 0.25) is 0 Å². The zero-order valence-corrected chi connectivity index (χ0v) is 14.5. The van der Waals surface area contributed by atoms with E-state index in [0.29, 0.717) is 25.3 Å². The van der Waals surface area contributed by atoms with E-state index in [1.165, 1.54) is 0 Å². The number of nitrogens with zero attached hydrogens (tertiary/aromatic N) is 1. The topological polar surface area (TPSA) is 61.4 Å². The zero-order chi connectivity index (χ0) is 16.4. The Hall–Kier alpha value is -1.10. The maximum Gasteiger partial charge on any atom is 0.222 e. The Labute approximate surface area is 135 Å². The van der Waals surface area contributed by atoms with E-state index in [1.54, 1.807) is 0 Å². The van der Waals surface area contributed by atoms with Gasteiger partial charge in [0.15, 0.2) is 0 Å². The Balaban J connectivity index is 2.24. The molecular formula is C17H33N3O2. The van der Waals surface area contributed by atoms with Gasteiger partial charge in [-0.3, -0.25) is 9.59 Å². The molecule has 5 heteroatoms. The van der Waals surface area contributed by atoms with E-state index in [4.69, 9.17) is 0 Å². The molecule has 1 heterocycles. The fourth-order valence-corrected chi connectivity index (χ4v) is 2.98. The van der Waals surface area contributed by atoms with Crippen LogP contribution in [0.15, 0.2) is 0 Å². The number of rotatable bonds is 9. The first-order chi connectivity index (χ1) is 10.6. The van der Waals surface area contributed by atoms with E-state index in [1.807, 2.05) is 4.90 Å². The minimum Gasteiger partial charge on any atom is -0.352 e. The zero-order valence-electron chi connectivity index (χ0n) is 14.5. The van der Waals surface area contributed by atoms with E-state index in [2.05, 4.69) is 31.4 Å². The van der Waals surface area contributed by atoms with Crippen molar-refractivity contribution in [2.45, 2.75) is 77.8 Å². The van der Waals surface area contributed by atoms with Crippen LogP contribution in [0, 0.1) is 0 Å². The third-order valence-electron chi connectivity index (χ3n) is 4.24. The summed E-state index contributed by atoms with van der Waals surface area (Å²) >= 11 is 0. The van der Waals surface area contributed by atoms with Crippen LogP contribution in [-0.2, 0) is 9.59 Å². The van der Waals surface area contributed by atoms with E-state index >= 15 is 0 Å². The number of hydrogen-bond donors (Lipinski definition) is 2. The molecule has 0 aliphatic carbocycles. The fraction of sp³-hybridized carbons (Fsp3) is 0.882. The molecule has 1 rings (SSSR count). The van der Waals surface area contributed by atoms with Gasteiger partial charge in [-0.25, -0.2) is 0 Å². The van der Waals surface area contributed by atoms with E-state index in [0.717, 1.165) is 45.3 Å². The minimum atomic E-state index is 0.0749. The Kier molecular flexibility index (Phi) is 9.13. The highest BCUT2D eigenvalue weighted by molar-refractivity contribution is 5.79. The summed E-state index contributed by atoms with van der Waals surface area (Å²) in [4.78, 5) is 26.0. The predicted molar refractivity (Wildman–Crippen MR) is 89.6 cm³/mol. The molecule has 2 unspecified atom stereocenters. The molecule has 0 aromatic carbocycles. The number of hydrogen-bond acceptors (Lipinski definition) is 3. The number of carbonyl (C=O) groups excluding carboxylic acids is 2. The highest BCUT2D eigenvalue weighted by Crippen LogP contribution is 2.09. The Morgan fingerprint density at radius 1 is 1.18 bits per heavy atom. The Bertz CT molecular complexity index is 341. The molecule has 1 fully saturated rings. The Morgan fingerprint density at radius 3 is 2.45 bits per heavy atom. The molecule has 1 saturated heterocycles. The van der Waals surface area contributed by atoms with Gasteiger partial charge in [-0.05, 0) is 45.6 Å². The number of nitrogens with one attached hydrogen (secondary N) is 2. The van der Waals surface area contributed by atoms with Crippen molar-refractivity contribution in [1.29, 1.82) is 0 Å². The van der Waals surface area contributed by atoms with E-state index in [-0.39, 0.29) is 17.9 Å². The standard InChI is InChI=1S/C17H33N3O2/c1-4-12-20(13-5-2)17(22)10-6-9-16(21)19-15-8-7-11-18-14(15)3/h14-15,18H,4-13H2,1-3H3,(H,19,21). The molecule has 0 bridgehead atoms. The lowest BCUT2D eigenvalue weighted by atomic mass is 9.99. The summed E-state index contributed by atoms with van der Waals surface area (Å²) in [7, 11) is 0. The van der Waals surface area contributed by atoms with Gasteiger partial charge in [-0.15, -0.1) is 0 Å². The highest BCUT2D eigenvalue weighted by atomic mass is 16.2. The van der Waals surface area contributed by atoms with Gasteiger partial charge in [-0.2, -0.15) is 0 Å². The molecule has 1 aliphatic rings. The van der Waals surface area contributed by atoms with Crippen molar-refractivity contribution in [1.82, 2.24) is 15.5 Å². The molecule has 0 spiro atoms. The molecule has 5 nitrogen and oxygen atoms in total. The molecule has 22 heavy (non-hydrogen) atoms. The lowest BCUT2D eigenvalue weighted by Crippen LogP contribution is -2.51. The second-order valence-electron chi connectivity index (χ2n) is 6.29.